The summed E-state index contributed by atoms with van der Waals surface area (Å²) >= 11 is 0. The largest absolute Gasteiger partial charge is 0.378 e. The summed E-state index contributed by atoms with van der Waals surface area (Å²) in [6.45, 7) is 2.06. The predicted octanol–water partition coefficient (Wildman–Crippen LogP) is 2.73. The first-order valence-corrected chi connectivity index (χ1v) is 10.5. The molecule has 0 aromatic heterocycles. The van der Waals surface area contributed by atoms with Crippen LogP contribution in [0.5, 0.6) is 0 Å². The molecule has 0 bridgehead atoms. The molecular formula is C22H34N4O2. The van der Waals surface area contributed by atoms with Crippen molar-refractivity contribution in [1.29, 1.82) is 0 Å². The molecule has 0 radical (unpaired) electrons. The molecule has 3 amide bonds. The fourth-order valence-electron chi connectivity index (χ4n) is 4.38. The number of rotatable bonds is 7. The Hall–Kier alpha value is -2.24. The van der Waals surface area contributed by atoms with Crippen LogP contribution >= 0.6 is 0 Å². The van der Waals surface area contributed by atoms with Gasteiger partial charge in [-0.2, -0.15) is 0 Å². The van der Waals surface area contributed by atoms with Crippen LogP contribution in [0.4, 0.5) is 10.5 Å². The van der Waals surface area contributed by atoms with Gasteiger partial charge >= 0.3 is 6.03 Å². The van der Waals surface area contributed by atoms with E-state index in [4.69, 9.17) is 0 Å². The second-order valence-electron chi connectivity index (χ2n) is 8.48. The summed E-state index contributed by atoms with van der Waals surface area (Å²) in [5.41, 5.74) is 2.38. The Bertz CT molecular complexity index is 668. The lowest BCUT2D eigenvalue weighted by Crippen LogP contribution is -2.41. The van der Waals surface area contributed by atoms with Gasteiger partial charge in [-0.15, -0.1) is 0 Å². The van der Waals surface area contributed by atoms with E-state index in [0.717, 1.165) is 25.8 Å². The van der Waals surface area contributed by atoms with Crippen LogP contribution in [0, 0.1) is 5.92 Å². The van der Waals surface area contributed by atoms with Gasteiger partial charge in [-0.1, -0.05) is 25.0 Å². The van der Waals surface area contributed by atoms with E-state index in [1.807, 2.05) is 21.1 Å². The Morgan fingerprint density at radius 2 is 1.82 bits per heavy atom. The van der Waals surface area contributed by atoms with Crippen LogP contribution < -0.4 is 10.2 Å². The average Bonchev–Trinajstić information content (AvgIpc) is 3.31. The second kappa shape index (κ2) is 9.30. The smallest absolute Gasteiger partial charge is 0.317 e. The molecular weight excluding hydrogens is 352 g/mol. The van der Waals surface area contributed by atoms with Gasteiger partial charge in [-0.3, -0.25) is 4.79 Å². The van der Waals surface area contributed by atoms with E-state index in [0.29, 0.717) is 25.6 Å². The van der Waals surface area contributed by atoms with Crippen LogP contribution in [0.1, 0.15) is 37.7 Å². The van der Waals surface area contributed by atoms with Gasteiger partial charge < -0.3 is 20.0 Å². The number of urea groups is 1. The maximum absolute atomic E-state index is 12.4. The fourth-order valence-corrected chi connectivity index (χ4v) is 4.38. The van der Waals surface area contributed by atoms with Crippen LogP contribution in [-0.2, 0) is 11.2 Å². The van der Waals surface area contributed by atoms with Crippen molar-refractivity contribution in [2.45, 2.75) is 44.6 Å². The van der Waals surface area contributed by atoms with Crippen molar-refractivity contribution in [2.24, 2.45) is 5.92 Å². The molecule has 154 valence electrons. The van der Waals surface area contributed by atoms with Crippen LogP contribution in [0.2, 0.25) is 0 Å². The highest BCUT2D eigenvalue weighted by molar-refractivity contribution is 5.79. The molecule has 1 aliphatic heterocycles. The Balaban J connectivity index is 1.39. The lowest BCUT2D eigenvalue weighted by Gasteiger charge is -2.25. The van der Waals surface area contributed by atoms with Crippen molar-refractivity contribution in [3.05, 3.63) is 29.8 Å². The average molecular weight is 387 g/mol. The molecule has 1 aromatic rings. The molecule has 1 saturated carbocycles. The third-order valence-electron chi connectivity index (χ3n) is 6.03. The molecule has 2 aliphatic rings. The van der Waals surface area contributed by atoms with Gasteiger partial charge in [-0.05, 0) is 37.0 Å². The molecule has 1 aromatic carbocycles. The van der Waals surface area contributed by atoms with Gasteiger partial charge in [0.05, 0.1) is 0 Å². The zero-order valence-corrected chi connectivity index (χ0v) is 17.5. The lowest BCUT2D eigenvalue weighted by molar-refractivity contribution is -0.129. The Labute approximate surface area is 168 Å². The maximum atomic E-state index is 12.4. The van der Waals surface area contributed by atoms with E-state index in [1.165, 1.54) is 24.1 Å². The van der Waals surface area contributed by atoms with Crippen LogP contribution in [-0.4, -0.2) is 68.6 Å². The molecule has 0 spiro atoms. The van der Waals surface area contributed by atoms with Gasteiger partial charge in [-0.25, -0.2) is 4.79 Å². The molecule has 2 fully saturated rings. The number of benzene rings is 1. The van der Waals surface area contributed by atoms with Gasteiger partial charge in [0.25, 0.3) is 0 Å². The molecule has 0 unspecified atom stereocenters. The van der Waals surface area contributed by atoms with E-state index in [2.05, 4.69) is 39.4 Å². The van der Waals surface area contributed by atoms with E-state index in [9.17, 15) is 9.59 Å². The Morgan fingerprint density at radius 1 is 1.14 bits per heavy atom. The number of hydrogen-bond acceptors (Lipinski definition) is 3. The Morgan fingerprint density at radius 3 is 2.46 bits per heavy atom. The van der Waals surface area contributed by atoms with Crippen molar-refractivity contribution in [3.63, 3.8) is 0 Å². The molecule has 1 N–H and O–H groups in total. The standard InChI is InChI=1S/C22H34N4O2/c1-24(2)19-10-8-17(9-11-19)12-13-23-22(28)25(3)15-18-14-21(27)26(16-18)20-6-4-5-7-20/h8-11,18,20H,4-7,12-16H2,1-3H3,(H,23,28)/t18-/m0/s1. The molecule has 1 saturated heterocycles. The minimum Gasteiger partial charge on any atom is -0.378 e. The van der Waals surface area contributed by atoms with E-state index >= 15 is 0 Å². The highest BCUT2D eigenvalue weighted by Gasteiger charge is 2.36. The quantitative estimate of drug-likeness (QED) is 0.784. The molecule has 6 nitrogen and oxygen atoms in total. The third kappa shape index (κ3) is 5.18. The normalized spacial score (nSPS) is 19.9. The van der Waals surface area contributed by atoms with Crippen LogP contribution in [0.15, 0.2) is 24.3 Å². The summed E-state index contributed by atoms with van der Waals surface area (Å²) in [4.78, 5) is 30.6. The maximum Gasteiger partial charge on any atom is 0.317 e. The van der Waals surface area contributed by atoms with Crippen molar-refractivity contribution in [1.82, 2.24) is 15.1 Å². The van der Waals surface area contributed by atoms with E-state index in [-0.39, 0.29) is 17.9 Å². The van der Waals surface area contributed by atoms with E-state index < -0.39 is 0 Å². The Kier molecular flexibility index (Phi) is 6.81. The number of anilines is 1. The number of nitrogens with zero attached hydrogens (tertiary/aromatic N) is 3. The molecule has 1 atom stereocenters. The summed E-state index contributed by atoms with van der Waals surface area (Å²) in [5, 5.41) is 3.00. The molecule has 28 heavy (non-hydrogen) atoms. The van der Waals surface area contributed by atoms with Crippen LogP contribution in [0.3, 0.4) is 0 Å². The molecule has 1 aliphatic carbocycles. The highest BCUT2D eigenvalue weighted by atomic mass is 16.2. The first kappa shape index (κ1) is 20.5. The summed E-state index contributed by atoms with van der Waals surface area (Å²) in [5.74, 6) is 0.523. The third-order valence-corrected chi connectivity index (χ3v) is 6.03. The zero-order valence-electron chi connectivity index (χ0n) is 17.5. The predicted molar refractivity (Wildman–Crippen MR) is 113 cm³/mol. The first-order valence-electron chi connectivity index (χ1n) is 10.5. The number of carbonyl (C=O) groups excluding carboxylic acids is 2. The molecule has 6 heteroatoms. The van der Waals surface area contributed by atoms with Gasteiger partial charge in [0, 0.05) is 64.8 Å². The number of amides is 3. The van der Waals surface area contributed by atoms with Crippen molar-refractivity contribution >= 4 is 17.6 Å². The highest BCUT2D eigenvalue weighted by Crippen LogP contribution is 2.29. The summed E-state index contributed by atoms with van der Waals surface area (Å²) < 4.78 is 0. The van der Waals surface area contributed by atoms with Crippen LogP contribution in [0.25, 0.3) is 0 Å². The molecule has 1 heterocycles. The minimum absolute atomic E-state index is 0.0586. The summed E-state index contributed by atoms with van der Waals surface area (Å²) in [6.07, 6.45) is 6.14. The number of carbonyl (C=O) groups is 2. The monoisotopic (exact) mass is 386 g/mol. The minimum atomic E-state index is -0.0586. The molecule has 3 rings (SSSR count). The number of nitrogens with one attached hydrogen (secondary N) is 1. The summed E-state index contributed by atoms with van der Waals surface area (Å²) in [7, 11) is 5.87. The zero-order chi connectivity index (χ0) is 20.1. The van der Waals surface area contributed by atoms with Gasteiger partial charge in [0.15, 0.2) is 0 Å². The van der Waals surface area contributed by atoms with Crippen molar-refractivity contribution in [3.8, 4) is 0 Å². The number of hydrogen-bond donors (Lipinski definition) is 1. The van der Waals surface area contributed by atoms with Gasteiger partial charge in [0.1, 0.15) is 0 Å². The van der Waals surface area contributed by atoms with Crippen molar-refractivity contribution < 1.29 is 9.59 Å². The first-order chi connectivity index (χ1) is 13.4. The topological polar surface area (TPSA) is 55.9 Å². The second-order valence-corrected chi connectivity index (χ2v) is 8.48. The lowest BCUT2D eigenvalue weighted by atomic mass is 10.1. The van der Waals surface area contributed by atoms with E-state index in [1.54, 1.807) is 4.90 Å². The SMILES string of the molecule is CN(C[C@@H]1CC(=O)N(C2CCCC2)C1)C(=O)NCCc1ccc(N(C)C)cc1. The summed E-state index contributed by atoms with van der Waals surface area (Å²) in [6, 6.07) is 8.78. The number of likely N-dealkylation sites (tertiary alicyclic amines) is 1. The van der Waals surface area contributed by atoms with Gasteiger partial charge in [0.2, 0.25) is 5.91 Å². The fraction of sp³-hybridized carbons (Fsp3) is 0.636. The van der Waals surface area contributed by atoms with Crippen molar-refractivity contribution in [2.75, 3.05) is 45.7 Å².